The van der Waals surface area contributed by atoms with Crippen LogP contribution in [0.5, 0.6) is 5.75 Å². The molecule has 1 aliphatic heterocycles. The fourth-order valence-corrected chi connectivity index (χ4v) is 6.86. The number of anilines is 1. The standard InChI is InChI=1S/C30H30F2N4O3/c1-4-36(25(37)15-24-28(38)33-21-10-5-6-11-23(21)39-24)16-30-13-12-18(29(30,2)3)17-14-22(34-35-27(17)30)26-19(31)8-7-9-20(26)32/h5-11,14,18,24H,4,12-13,15-16H2,1-3H3,(H,33,38)/t18-,24?,30-/m0/s1. The highest BCUT2D eigenvalue weighted by atomic mass is 19.1. The molecule has 0 radical (unpaired) electrons. The number of para-hydroxylation sites is 2. The zero-order valence-corrected chi connectivity index (χ0v) is 22.1. The maximum Gasteiger partial charge on any atom is 0.266 e. The number of hydrogen-bond acceptors (Lipinski definition) is 5. The van der Waals surface area contributed by atoms with E-state index in [9.17, 15) is 18.4 Å². The molecule has 2 bridgehead atoms. The molecule has 2 heterocycles. The Morgan fingerprint density at radius 1 is 1.13 bits per heavy atom. The van der Waals surface area contributed by atoms with Crippen LogP contribution in [0.1, 0.15) is 57.2 Å². The van der Waals surface area contributed by atoms with Crippen molar-refractivity contribution in [3.63, 3.8) is 0 Å². The number of aromatic nitrogens is 2. The van der Waals surface area contributed by atoms with Gasteiger partial charge in [-0.15, -0.1) is 0 Å². The molecule has 6 rings (SSSR count). The SMILES string of the molecule is CCN(C[C@@]12CC[C@@H](c3cc(-c4c(F)cccc4F)nnc31)C2(C)C)C(=O)CC1Oc2ccccc2NC1=O. The van der Waals surface area contributed by atoms with Crippen LogP contribution in [0.3, 0.4) is 0 Å². The highest BCUT2D eigenvalue weighted by Crippen LogP contribution is 2.67. The molecule has 0 saturated heterocycles. The predicted octanol–water partition coefficient (Wildman–Crippen LogP) is 5.22. The molecule has 1 N–H and O–H groups in total. The fourth-order valence-electron chi connectivity index (χ4n) is 6.86. The number of amides is 2. The van der Waals surface area contributed by atoms with Crippen molar-refractivity contribution in [1.82, 2.24) is 15.1 Å². The van der Waals surface area contributed by atoms with E-state index < -0.39 is 23.2 Å². The highest BCUT2D eigenvalue weighted by molar-refractivity contribution is 6.00. The molecule has 2 aliphatic carbocycles. The van der Waals surface area contributed by atoms with Crippen LogP contribution in [0.2, 0.25) is 0 Å². The third-order valence-electron chi connectivity index (χ3n) is 9.10. The molecular weight excluding hydrogens is 502 g/mol. The van der Waals surface area contributed by atoms with Crippen LogP contribution >= 0.6 is 0 Å². The van der Waals surface area contributed by atoms with Gasteiger partial charge in [-0.3, -0.25) is 9.59 Å². The largest absolute Gasteiger partial charge is 0.478 e. The monoisotopic (exact) mass is 532 g/mol. The van der Waals surface area contributed by atoms with Crippen molar-refractivity contribution in [2.75, 3.05) is 18.4 Å². The van der Waals surface area contributed by atoms with Crippen LogP contribution in [0, 0.1) is 17.0 Å². The molecule has 1 saturated carbocycles. The lowest BCUT2D eigenvalue weighted by Gasteiger charge is -2.41. The maximum atomic E-state index is 14.5. The summed E-state index contributed by atoms with van der Waals surface area (Å²) < 4.78 is 34.9. The van der Waals surface area contributed by atoms with Crippen molar-refractivity contribution >= 4 is 17.5 Å². The molecule has 39 heavy (non-hydrogen) atoms. The van der Waals surface area contributed by atoms with Crippen LogP contribution < -0.4 is 10.1 Å². The molecule has 202 valence electrons. The average Bonchev–Trinajstić information content (AvgIpc) is 3.27. The van der Waals surface area contributed by atoms with E-state index in [2.05, 4.69) is 29.4 Å². The average molecular weight is 533 g/mol. The summed E-state index contributed by atoms with van der Waals surface area (Å²) in [4.78, 5) is 28.0. The van der Waals surface area contributed by atoms with E-state index in [0.717, 1.165) is 24.1 Å². The van der Waals surface area contributed by atoms with Gasteiger partial charge in [-0.05, 0) is 67.0 Å². The minimum absolute atomic E-state index is 0.0853. The van der Waals surface area contributed by atoms with E-state index in [-0.39, 0.29) is 40.8 Å². The number of carbonyl (C=O) groups is 2. The first-order valence-electron chi connectivity index (χ1n) is 13.3. The number of ether oxygens (including phenoxy) is 1. The zero-order valence-electron chi connectivity index (χ0n) is 22.1. The van der Waals surface area contributed by atoms with Crippen LogP contribution in [0.4, 0.5) is 14.5 Å². The Balaban J connectivity index is 1.28. The minimum Gasteiger partial charge on any atom is -0.478 e. The van der Waals surface area contributed by atoms with Crippen molar-refractivity contribution in [2.45, 2.75) is 57.5 Å². The third-order valence-corrected chi connectivity index (χ3v) is 9.10. The molecule has 7 nitrogen and oxygen atoms in total. The first kappa shape index (κ1) is 25.4. The van der Waals surface area contributed by atoms with Crippen molar-refractivity contribution in [1.29, 1.82) is 0 Å². The second-order valence-corrected chi connectivity index (χ2v) is 11.2. The number of nitrogens with zero attached hydrogens (tertiary/aromatic N) is 3. The van der Waals surface area contributed by atoms with Crippen molar-refractivity contribution < 1.29 is 23.1 Å². The molecular formula is C30H30F2N4O3. The van der Waals surface area contributed by atoms with Crippen LogP contribution in [0.15, 0.2) is 48.5 Å². The molecule has 0 spiro atoms. The third kappa shape index (κ3) is 3.81. The Kier molecular flexibility index (Phi) is 5.93. The summed E-state index contributed by atoms with van der Waals surface area (Å²) in [7, 11) is 0. The molecule has 9 heteroatoms. The number of benzene rings is 2. The van der Waals surface area contributed by atoms with Gasteiger partial charge in [-0.1, -0.05) is 32.0 Å². The highest BCUT2D eigenvalue weighted by Gasteiger charge is 2.64. The van der Waals surface area contributed by atoms with E-state index in [1.165, 1.54) is 18.2 Å². The van der Waals surface area contributed by atoms with E-state index in [0.29, 0.717) is 24.5 Å². The number of nitrogens with one attached hydrogen (secondary N) is 1. The first-order chi connectivity index (χ1) is 18.7. The first-order valence-corrected chi connectivity index (χ1v) is 13.3. The lowest BCUT2D eigenvalue weighted by atomic mass is 9.68. The van der Waals surface area contributed by atoms with Crippen LogP contribution in [-0.4, -0.2) is 46.1 Å². The second-order valence-electron chi connectivity index (χ2n) is 11.2. The van der Waals surface area contributed by atoms with Gasteiger partial charge in [-0.2, -0.15) is 10.2 Å². The molecule has 1 fully saturated rings. The lowest BCUT2D eigenvalue weighted by molar-refractivity contribution is -0.138. The minimum atomic E-state index is -0.919. The Morgan fingerprint density at radius 2 is 1.87 bits per heavy atom. The molecule has 3 atom stereocenters. The summed E-state index contributed by atoms with van der Waals surface area (Å²) in [5.41, 5.74) is 1.58. The van der Waals surface area contributed by atoms with Gasteiger partial charge >= 0.3 is 0 Å². The Hall–Kier alpha value is -3.88. The number of carbonyl (C=O) groups excluding carboxylic acids is 2. The van der Waals surface area contributed by atoms with Gasteiger partial charge in [-0.25, -0.2) is 8.78 Å². The van der Waals surface area contributed by atoms with Gasteiger partial charge in [0.25, 0.3) is 5.91 Å². The predicted molar refractivity (Wildman–Crippen MR) is 141 cm³/mol. The van der Waals surface area contributed by atoms with Crippen molar-refractivity contribution in [3.8, 4) is 17.0 Å². The number of rotatable bonds is 6. The maximum absolute atomic E-state index is 14.5. The summed E-state index contributed by atoms with van der Waals surface area (Å²) in [5.74, 6) is -1.23. The normalized spacial score (nSPS) is 24.0. The molecule has 2 amide bonds. The fraction of sp³-hybridized carbons (Fsp3) is 0.400. The summed E-state index contributed by atoms with van der Waals surface area (Å²) in [6.07, 6.45) is 0.689. The molecule has 1 unspecified atom stereocenters. The number of halogens is 2. The van der Waals surface area contributed by atoms with Gasteiger partial charge in [0.2, 0.25) is 5.91 Å². The van der Waals surface area contributed by atoms with Crippen LogP contribution in [0.25, 0.3) is 11.3 Å². The topological polar surface area (TPSA) is 84.4 Å². The van der Waals surface area contributed by atoms with Crippen LogP contribution in [-0.2, 0) is 15.0 Å². The lowest BCUT2D eigenvalue weighted by Crippen LogP contribution is -2.50. The van der Waals surface area contributed by atoms with Gasteiger partial charge in [0, 0.05) is 18.5 Å². The quantitative estimate of drug-likeness (QED) is 0.471. The summed E-state index contributed by atoms with van der Waals surface area (Å²) >= 11 is 0. The number of likely N-dealkylation sites (N-methyl/N-ethyl adjacent to an activating group) is 1. The summed E-state index contributed by atoms with van der Waals surface area (Å²) in [5, 5.41) is 11.6. The molecule has 3 aliphatic rings. The van der Waals surface area contributed by atoms with Gasteiger partial charge in [0.05, 0.1) is 29.1 Å². The molecule has 1 aromatic heterocycles. The van der Waals surface area contributed by atoms with Crippen molar-refractivity contribution in [2.24, 2.45) is 5.41 Å². The Bertz CT molecular complexity index is 1470. The summed E-state index contributed by atoms with van der Waals surface area (Å²) in [6.45, 7) is 7.11. The van der Waals surface area contributed by atoms with Crippen molar-refractivity contribution in [3.05, 3.63) is 71.4 Å². The zero-order chi connectivity index (χ0) is 27.5. The number of fused-ring (bicyclic) bond motifs is 6. The van der Waals surface area contributed by atoms with E-state index in [1.807, 2.05) is 13.0 Å². The van der Waals surface area contributed by atoms with E-state index >= 15 is 0 Å². The van der Waals surface area contributed by atoms with Gasteiger partial charge < -0.3 is 15.0 Å². The second kappa shape index (κ2) is 9.10. The van der Waals surface area contributed by atoms with E-state index in [4.69, 9.17) is 4.74 Å². The van der Waals surface area contributed by atoms with Gasteiger partial charge in [0.15, 0.2) is 6.10 Å². The smallest absolute Gasteiger partial charge is 0.266 e. The van der Waals surface area contributed by atoms with Gasteiger partial charge in [0.1, 0.15) is 17.4 Å². The Morgan fingerprint density at radius 3 is 2.62 bits per heavy atom. The molecule has 3 aromatic rings. The number of hydrogen-bond donors (Lipinski definition) is 1. The summed E-state index contributed by atoms with van der Waals surface area (Å²) in [6, 6.07) is 12.7. The Labute approximate surface area is 225 Å². The van der Waals surface area contributed by atoms with E-state index in [1.54, 1.807) is 29.2 Å². The molecule has 2 aromatic carbocycles.